The number of hydrogen-bond acceptors (Lipinski definition) is 3. The highest BCUT2D eigenvalue weighted by Crippen LogP contribution is 2.37. The molecule has 0 saturated carbocycles. The van der Waals surface area contributed by atoms with Crippen LogP contribution in [0.1, 0.15) is 38.9 Å². The Bertz CT molecular complexity index is 984. The zero-order valence-corrected chi connectivity index (χ0v) is 21.4. The second-order valence-electron chi connectivity index (χ2n) is 8.70. The van der Waals surface area contributed by atoms with Gasteiger partial charge in [-0.1, -0.05) is 81.4 Å². The molecule has 0 radical (unpaired) electrons. The zero-order valence-electron chi connectivity index (χ0n) is 18.3. The Morgan fingerprint density at radius 1 is 1.06 bits per heavy atom. The van der Waals surface area contributed by atoms with Gasteiger partial charge in [0.25, 0.3) is 8.32 Å². The van der Waals surface area contributed by atoms with Crippen molar-refractivity contribution >= 4 is 41.3 Å². The second-order valence-corrected chi connectivity index (χ2v) is 14.3. The molecule has 0 spiro atoms. The monoisotopic (exact) mass is 544 g/mol. The summed E-state index contributed by atoms with van der Waals surface area (Å²) in [6.45, 7) is 7.21. The topological polar surface area (TPSA) is 58.2 Å². The van der Waals surface area contributed by atoms with E-state index in [1.807, 2.05) is 29.0 Å². The van der Waals surface area contributed by atoms with E-state index in [1.54, 1.807) is 0 Å². The summed E-state index contributed by atoms with van der Waals surface area (Å²) in [7, 11) is -2.67. The van der Waals surface area contributed by atoms with Gasteiger partial charge in [-0.3, -0.25) is 0 Å². The largest absolute Gasteiger partial charge is 0.405 e. The van der Waals surface area contributed by atoms with Crippen LogP contribution in [0, 0.1) is 14.9 Å². The molecule has 0 aliphatic rings. The van der Waals surface area contributed by atoms with Gasteiger partial charge in [0.15, 0.2) is 0 Å². The summed E-state index contributed by atoms with van der Waals surface area (Å²) >= 11 is 2.22. The summed E-state index contributed by atoms with van der Waals surface area (Å²) in [6.07, 6.45) is 2.49. The summed E-state index contributed by atoms with van der Waals surface area (Å²) in [5.74, 6) is 0. The Labute approximate surface area is 199 Å². The first-order valence-electron chi connectivity index (χ1n) is 10.5. The molecule has 0 amide bonds. The molecule has 3 rings (SSSR count). The van der Waals surface area contributed by atoms with E-state index in [0.717, 1.165) is 3.57 Å². The number of aliphatic hydroxyl groups excluding tert-OH is 1. The molecular weight excluding hydrogens is 515 g/mol. The lowest BCUT2D eigenvalue weighted by atomic mass is 10.2. The lowest BCUT2D eigenvalue weighted by Crippen LogP contribution is -2.66. The van der Waals surface area contributed by atoms with Crippen molar-refractivity contribution in [2.75, 3.05) is 13.2 Å². The maximum Gasteiger partial charge on any atom is 0.261 e. The molecule has 6 heteroatoms. The number of halogens is 1. The van der Waals surface area contributed by atoms with Crippen LogP contribution in [-0.4, -0.2) is 31.2 Å². The molecule has 162 valence electrons. The van der Waals surface area contributed by atoms with Crippen molar-refractivity contribution < 1.29 is 9.53 Å². The fraction of sp³-hybridized carbons (Fsp3) is 0.320. The highest BCUT2D eigenvalue weighted by molar-refractivity contribution is 14.1. The van der Waals surface area contributed by atoms with Gasteiger partial charge in [-0.25, -0.2) is 0 Å². The van der Waals surface area contributed by atoms with Crippen LogP contribution in [0.15, 0.2) is 72.9 Å². The minimum atomic E-state index is -2.67. The average molecular weight is 545 g/mol. The summed E-state index contributed by atoms with van der Waals surface area (Å²) < 4.78 is 10.00. The van der Waals surface area contributed by atoms with E-state index in [9.17, 15) is 10.4 Å². The molecule has 0 aliphatic carbocycles. The normalized spacial score (nSPS) is 13.0. The van der Waals surface area contributed by atoms with Crippen molar-refractivity contribution in [1.82, 2.24) is 4.57 Å². The van der Waals surface area contributed by atoms with Crippen molar-refractivity contribution in [1.29, 1.82) is 5.26 Å². The Hall–Kier alpha value is -1.92. The molecule has 0 fully saturated rings. The number of nitrogens with zero attached hydrogens (tertiary/aromatic N) is 2. The van der Waals surface area contributed by atoms with Crippen molar-refractivity contribution in [3.63, 3.8) is 0 Å². The summed E-state index contributed by atoms with van der Waals surface area (Å²) in [5.41, 5.74) is 0.592. The van der Waals surface area contributed by atoms with E-state index in [0.29, 0.717) is 18.7 Å². The molecule has 0 unspecified atom stereocenters. The van der Waals surface area contributed by atoms with Crippen LogP contribution < -0.4 is 10.4 Å². The number of nitriles is 1. The van der Waals surface area contributed by atoms with E-state index < -0.39 is 8.32 Å². The number of benzene rings is 2. The Balaban J connectivity index is 2.09. The standard InChI is InChI=1S/C25H29IN2O2Si/c1-25(2,3)31(23-10-6-4-7-11-23,24-12-8-5-9-13-24)30-19-21(14-15-29)28-18-20(26)16-22(28)17-27/h4-13,16,18,21,29H,14-15,19H2,1-3H3/t21-/m0/s1. The van der Waals surface area contributed by atoms with Gasteiger partial charge in [0.1, 0.15) is 11.8 Å². The molecule has 1 aromatic heterocycles. The quantitative estimate of drug-likeness (QED) is 0.337. The maximum atomic E-state index is 9.75. The van der Waals surface area contributed by atoms with Crippen LogP contribution in [0.25, 0.3) is 0 Å². The highest BCUT2D eigenvalue weighted by atomic mass is 127. The highest BCUT2D eigenvalue weighted by Gasteiger charge is 2.50. The van der Waals surface area contributed by atoms with Crippen molar-refractivity contribution in [3.8, 4) is 6.07 Å². The SMILES string of the molecule is CC(C)(C)[Si](OC[C@H](CCO)n1cc(I)cc1C#N)(c1ccccc1)c1ccccc1. The van der Waals surface area contributed by atoms with Crippen molar-refractivity contribution in [2.24, 2.45) is 0 Å². The third-order valence-corrected chi connectivity index (χ3v) is 11.3. The van der Waals surface area contributed by atoms with Gasteiger partial charge in [0.2, 0.25) is 0 Å². The van der Waals surface area contributed by atoms with Crippen LogP contribution >= 0.6 is 22.6 Å². The van der Waals surface area contributed by atoms with E-state index in [1.165, 1.54) is 10.4 Å². The molecule has 1 N–H and O–H groups in total. The first-order valence-corrected chi connectivity index (χ1v) is 13.5. The molecular formula is C25H29IN2O2Si. The van der Waals surface area contributed by atoms with Gasteiger partial charge in [0.05, 0.1) is 12.6 Å². The van der Waals surface area contributed by atoms with Gasteiger partial charge in [-0.05, 0) is 50.5 Å². The fourth-order valence-electron chi connectivity index (χ4n) is 4.27. The van der Waals surface area contributed by atoms with Crippen molar-refractivity contribution in [2.45, 2.75) is 38.3 Å². The Kier molecular flexibility index (Phi) is 7.76. The molecule has 0 saturated heterocycles. The predicted molar refractivity (Wildman–Crippen MR) is 136 cm³/mol. The molecule has 1 atom stereocenters. The van der Waals surface area contributed by atoms with Gasteiger partial charge >= 0.3 is 0 Å². The van der Waals surface area contributed by atoms with Crippen molar-refractivity contribution in [3.05, 3.63) is 82.2 Å². The molecule has 4 nitrogen and oxygen atoms in total. The van der Waals surface area contributed by atoms with E-state index in [2.05, 4.69) is 98.0 Å². The van der Waals surface area contributed by atoms with E-state index in [-0.39, 0.29) is 17.7 Å². The Morgan fingerprint density at radius 2 is 1.61 bits per heavy atom. The number of hydrogen-bond donors (Lipinski definition) is 1. The molecule has 0 aliphatic heterocycles. The van der Waals surface area contributed by atoms with Crippen LogP contribution in [0.5, 0.6) is 0 Å². The molecule has 2 aromatic carbocycles. The summed E-state index contributed by atoms with van der Waals surface area (Å²) in [4.78, 5) is 0. The number of aliphatic hydroxyl groups is 1. The molecule has 1 heterocycles. The van der Waals surface area contributed by atoms with Gasteiger partial charge in [-0.2, -0.15) is 5.26 Å². The lowest BCUT2D eigenvalue weighted by Gasteiger charge is -2.43. The number of aromatic nitrogens is 1. The van der Waals surface area contributed by atoms with Crippen LogP contribution in [-0.2, 0) is 4.43 Å². The van der Waals surface area contributed by atoms with Gasteiger partial charge < -0.3 is 14.1 Å². The third kappa shape index (κ3) is 4.95. The van der Waals surface area contributed by atoms with Crippen LogP contribution in [0.4, 0.5) is 0 Å². The zero-order chi connectivity index (χ0) is 22.5. The maximum absolute atomic E-state index is 9.75. The van der Waals surface area contributed by atoms with Crippen LogP contribution in [0.2, 0.25) is 5.04 Å². The second kappa shape index (κ2) is 10.1. The molecule has 0 bridgehead atoms. The molecule has 3 aromatic rings. The van der Waals surface area contributed by atoms with E-state index >= 15 is 0 Å². The minimum Gasteiger partial charge on any atom is -0.405 e. The summed E-state index contributed by atoms with van der Waals surface area (Å²) in [6, 6.07) is 25.1. The first-order chi connectivity index (χ1) is 14.8. The third-order valence-electron chi connectivity index (χ3n) is 5.69. The average Bonchev–Trinajstić information content (AvgIpc) is 3.14. The lowest BCUT2D eigenvalue weighted by molar-refractivity contribution is 0.192. The Morgan fingerprint density at radius 3 is 2.06 bits per heavy atom. The number of rotatable bonds is 8. The first kappa shape index (κ1) is 23.7. The van der Waals surface area contributed by atoms with Gasteiger partial charge in [0, 0.05) is 16.4 Å². The smallest absolute Gasteiger partial charge is 0.261 e. The predicted octanol–water partition coefficient (Wildman–Crippen LogP) is 4.46. The van der Waals surface area contributed by atoms with E-state index in [4.69, 9.17) is 4.43 Å². The van der Waals surface area contributed by atoms with Gasteiger partial charge in [-0.15, -0.1) is 0 Å². The van der Waals surface area contributed by atoms with Crippen LogP contribution in [0.3, 0.4) is 0 Å². The minimum absolute atomic E-state index is 0.0361. The summed E-state index contributed by atoms with van der Waals surface area (Å²) in [5, 5.41) is 21.7. The molecule has 31 heavy (non-hydrogen) atoms. The fourth-order valence-corrected chi connectivity index (χ4v) is 9.46.